The zero-order chi connectivity index (χ0) is 24.4. The normalized spacial score (nSPS) is 13.2. The Bertz CT molecular complexity index is 1120. The van der Waals surface area contributed by atoms with Crippen LogP contribution in [-0.4, -0.2) is 42.3 Å². The Morgan fingerprint density at radius 2 is 1.85 bits per heavy atom. The van der Waals surface area contributed by atoms with E-state index < -0.39 is 37.0 Å². The van der Waals surface area contributed by atoms with Crippen LogP contribution in [0.1, 0.15) is 17.2 Å². The van der Waals surface area contributed by atoms with Crippen molar-refractivity contribution >= 4 is 17.1 Å². The van der Waals surface area contributed by atoms with Crippen molar-refractivity contribution in [1.82, 2.24) is 10.3 Å². The Morgan fingerprint density at radius 3 is 2.42 bits per heavy atom. The molecular weight excluding hydrogens is 462 g/mol. The number of hydrogen-bond donors (Lipinski definition) is 2. The van der Waals surface area contributed by atoms with Gasteiger partial charge in [-0.3, -0.25) is 0 Å². The second kappa shape index (κ2) is 9.27. The Morgan fingerprint density at radius 1 is 1.18 bits per heavy atom. The van der Waals surface area contributed by atoms with Gasteiger partial charge in [0.05, 0.1) is 0 Å². The Balaban J connectivity index is 2.00. The third-order valence-electron chi connectivity index (χ3n) is 4.43. The lowest BCUT2D eigenvalue weighted by Crippen LogP contribution is -2.27. The summed E-state index contributed by atoms with van der Waals surface area (Å²) in [6.45, 7) is -0.869. The number of nitrogens with zero attached hydrogens (tertiary/aromatic N) is 1. The first-order valence-corrected chi connectivity index (χ1v) is 9.22. The largest absolute Gasteiger partial charge is 0.573 e. The van der Waals surface area contributed by atoms with Gasteiger partial charge in [-0.05, 0) is 36.4 Å². The van der Waals surface area contributed by atoms with Gasteiger partial charge in [0.2, 0.25) is 0 Å². The minimum atomic E-state index is -5.22. The topological polar surface area (TPSA) is 93.8 Å². The summed E-state index contributed by atoms with van der Waals surface area (Å²) in [7, 11) is 1.58. The predicted octanol–water partition coefficient (Wildman–Crippen LogP) is 4.25. The highest BCUT2D eigenvalue weighted by atomic mass is 19.4. The van der Waals surface area contributed by atoms with Gasteiger partial charge in [0.25, 0.3) is 0 Å². The molecule has 1 unspecified atom stereocenters. The molecule has 3 aromatic rings. The van der Waals surface area contributed by atoms with Crippen molar-refractivity contribution in [3.63, 3.8) is 0 Å². The fraction of sp³-hybridized carbons (Fsp3) is 0.300. The fourth-order valence-electron chi connectivity index (χ4n) is 3.17. The van der Waals surface area contributed by atoms with Crippen molar-refractivity contribution in [2.24, 2.45) is 0 Å². The minimum Gasteiger partial charge on any atom is -0.456 e. The number of aromatic nitrogens is 1. The second-order valence-corrected chi connectivity index (χ2v) is 6.74. The Hall–Kier alpha value is -3.32. The molecule has 0 aliphatic heterocycles. The molecule has 0 saturated carbocycles. The molecule has 0 spiro atoms. The lowest BCUT2D eigenvalue weighted by atomic mass is 9.94. The van der Waals surface area contributed by atoms with Crippen LogP contribution < -0.4 is 10.1 Å². The van der Waals surface area contributed by atoms with Crippen LogP contribution in [0.15, 0.2) is 41.1 Å². The van der Waals surface area contributed by atoms with Gasteiger partial charge in [-0.15, -0.1) is 13.2 Å². The van der Waals surface area contributed by atoms with Gasteiger partial charge in [-0.2, -0.15) is 13.2 Å². The zero-order valence-electron chi connectivity index (χ0n) is 16.8. The Kier molecular flexibility index (Phi) is 6.84. The number of halogens is 6. The van der Waals surface area contributed by atoms with E-state index in [4.69, 9.17) is 4.42 Å². The number of aliphatic hydroxyl groups is 1. The van der Waals surface area contributed by atoms with E-state index in [1.54, 1.807) is 13.1 Å². The molecule has 0 amide bonds. The van der Waals surface area contributed by atoms with E-state index in [-0.39, 0.29) is 23.2 Å². The number of carbonyl (C=O) groups excluding carboxylic acids is 1. The molecule has 2 N–H and O–H groups in total. The Labute approximate surface area is 181 Å². The lowest BCUT2D eigenvalue weighted by molar-refractivity contribution is -0.274. The molecule has 0 bridgehead atoms. The third kappa shape index (κ3) is 5.73. The van der Waals surface area contributed by atoms with Gasteiger partial charge in [-0.25, -0.2) is 9.78 Å². The predicted molar refractivity (Wildman–Crippen MR) is 101 cm³/mol. The molecule has 2 aromatic carbocycles. The molecule has 33 heavy (non-hydrogen) atoms. The van der Waals surface area contributed by atoms with E-state index in [0.29, 0.717) is 16.7 Å². The van der Waals surface area contributed by atoms with Crippen molar-refractivity contribution in [2.75, 3.05) is 13.7 Å². The van der Waals surface area contributed by atoms with E-state index in [0.717, 1.165) is 18.5 Å². The van der Waals surface area contributed by atoms with Gasteiger partial charge in [-0.1, -0.05) is 12.1 Å². The summed E-state index contributed by atoms with van der Waals surface area (Å²) >= 11 is 0. The smallest absolute Gasteiger partial charge is 0.456 e. The first-order chi connectivity index (χ1) is 15.4. The van der Waals surface area contributed by atoms with Gasteiger partial charge in [0.1, 0.15) is 24.0 Å². The van der Waals surface area contributed by atoms with Crippen LogP contribution >= 0.6 is 0 Å². The monoisotopic (exact) mass is 478 g/mol. The number of fused-ring (bicyclic) bond motifs is 1. The molecule has 0 saturated heterocycles. The SMILES string of the molecule is CNCc1cc(-c2ccc(OC(F)(F)F)cc2)c2ncoc2c1C(O)COC(=O)C(F)(F)F. The number of hydrogen-bond acceptors (Lipinski definition) is 7. The number of benzene rings is 2. The lowest BCUT2D eigenvalue weighted by Gasteiger charge is -2.18. The number of esters is 1. The van der Waals surface area contributed by atoms with Crippen LogP contribution in [0, 0.1) is 0 Å². The second-order valence-electron chi connectivity index (χ2n) is 6.74. The molecule has 1 heterocycles. The number of oxazole rings is 1. The molecule has 0 aliphatic rings. The van der Waals surface area contributed by atoms with E-state index in [1.165, 1.54) is 12.1 Å². The number of aliphatic hydroxyl groups excluding tert-OH is 1. The highest BCUT2D eigenvalue weighted by molar-refractivity contribution is 5.93. The van der Waals surface area contributed by atoms with Crippen LogP contribution in [0.2, 0.25) is 0 Å². The summed E-state index contributed by atoms with van der Waals surface area (Å²) in [6, 6.07) is 6.46. The average molecular weight is 478 g/mol. The molecule has 0 radical (unpaired) electrons. The maximum absolute atomic E-state index is 12.4. The van der Waals surface area contributed by atoms with Gasteiger partial charge >= 0.3 is 18.5 Å². The first-order valence-electron chi connectivity index (χ1n) is 9.22. The molecule has 7 nitrogen and oxygen atoms in total. The molecule has 178 valence electrons. The van der Waals surface area contributed by atoms with E-state index in [1.807, 2.05) is 0 Å². The van der Waals surface area contributed by atoms with Crippen molar-refractivity contribution in [3.05, 3.63) is 47.9 Å². The number of alkyl halides is 6. The van der Waals surface area contributed by atoms with E-state index >= 15 is 0 Å². The average Bonchev–Trinajstić information content (AvgIpc) is 3.19. The maximum Gasteiger partial charge on any atom is 0.573 e. The number of carbonyl (C=O) groups is 1. The fourth-order valence-corrected chi connectivity index (χ4v) is 3.17. The van der Waals surface area contributed by atoms with Crippen molar-refractivity contribution in [1.29, 1.82) is 0 Å². The summed E-state index contributed by atoms with van der Waals surface area (Å²) in [5, 5.41) is 13.3. The van der Waals surface area contributed by atoms with Crippen molar-refractivity contribution in [2.45, 2.75) is 25.2 Å². The van der Waals surface area contributed by atoms with Gasteiger partial charge < -0.3 is 24.3 Å². The van der Waals surface area contributed by atoms with Crippen LogP contribution in [0.4, 0.5) is 26.3 Å². The minimum absolute atomic E-state index is 0.0175. The van der Waals surface area contributed by atoms with E-state index in [9.17, 15) is 36.2 Å². The van der Waals surface area contributed by atoms with Crippen molar-refractivity contribution < 1.29 is 50.1 Å². The standard InChI is InChI=1S/C20H16F6N2O5/c1-27-7-11-6-13(10-2-4-12(5-3-10)33-20(24,25)26)16-17(32-9-28-16)15(11)14(29)8-31-18(30)19(21,22)23/h2-6,9,14,27,29H,7-8H2,1H3. The first kappa shape index (κ1) is 24.3. The third-order valence-corrected chi connectivity index (χ3v) is 4.43. The molecule has 1 atom stereocenters. The summed E-state index contributed by atoms with van der Waals surface area (Å²) < 4.78 is 87.7. The zero-order valence-corrected chi connectivity index (χ0v) is 16.8. The van der Waals surface area contributed by atoms with Crippen LogP contribution in [0.3, 0.4) is 0 Å². The van der Waals surface area contributed by atoms with Gasteiger partial charge in [0, 0.05) is 17.7 Å². The summed E-state index contributed by atoms with van der Waals surface area (Å²) in [5.74, 6) is -2.89. The summed E-state index contributed by atoms with van der Waals surface area (Å²) in [5.41, 5.74) is 1.49. The van der Waals surface area contributed by atoms with Crippen molar-refractivity contribution in [3.8, 4) is 16.9 Å². The molecule has 13 heteroatoms. The van der Waals surface area contributed by atoms with Crippen LogP contribution in [-0.2, 0) is 16.1 Å². The summed E-state index contributed by atoms with van der Waals surface area (Å²) in [4.78, 5) is 15.0. The molecule has 3 rings (SSSR count). The molecule has 0 aliphatic carbocycles. The quantitative estimate of drug-likeness (QED) is 0.387. The highest BCUT2D eigenvalue weighted by Crippen LogP contribution is 2.37. The number of ether oxygens (including phenoxy) is 2. The van der Waals surface area contributed by atoms with E-state index in [2.05, 4.69) is 19.8 Å². The maximum atomic E-state index is 12.4. The highest BCUT2D eigenvalue weighted by Gasteiger charge is 2.41. The number of nitrogens with one attached hydrogen (secondary N) is 1. The molecular formula is C20H16F6N2O5. The summed E-state index contributed by atoms with van der Waals surface area (Å²) in [6.07, 6.45) is -10.7. The molecule has 0 fully saturated rings. The van der Waals surface area contributed by atoms with Gasteiger partial charge in [0.15, 0.2) is 12.0 Å². The molecule has 1 aromatic heterocycles. The number of rotatable bonds is 7. The van der Waals surface area contributed by atoms with Crippen LogP contribution in [0.25, 0.3) is 22.2 Å². The van der Waals surface area contributed by atoms with Crippen LogP contribution in [0.5, 0.6) is 5.75 Å².